The van der Waals surface area contributed by atoms with Crippen molar-refractivity contribution in [3.05, 3.63) is 34.9 Å². The number of rotatable bonds is 1. The Labute approximate surface area is 76.9 Å². The molecule has 0 radical (unpaired) electrons. The van der Waals surface area contributed by atoms with Crippen LogP contribution in [0.3, 0.4) is 0 Å². The highest BCUT2D eigenvalue weighted by molar-refractivity contribution is 5.93. The SMILES string of the molecule is C[C@H]1NCc2ccc(C(N)=O)cc21. The van der Waals surface area contributed by atoms with E-state index in [0.29, 0.717) is 11.6 Å². The van der Waals surface area contributed by atoms with Gasteiger partial charge in [0.2, 0.25) is 5.91 Å². The summed E-state index contributed by atoms with van der Waals surface area (Å²) in [6.45, 7) is 2.96. The molecule has 0 aliphatic carbocycles. The van der Waals surface area contributed by atoms with E-state index in [9.17, 15) is 4.79 Å². The van der Waals surface area contributed by atoms with Crippen LogP contribution in [0.5, 0.6) is 0 Å². The first-order valence-electron chi connectivity index (χ1n) is 4.34. The summed E-state index contributed by atoms with van der Waals surface area (Å²) in [5, 5.41) is 3.30. The topological polar surface area (TPSA) is 55.1 Å². The summed E-state index contributed by atoms with van der Waals surface area (Å²) < 4.78 is 0. The normalized spacial score (nSPS) is 19.9. The van der Waals surface area contributed by atoms with Crippen molar-refractivity contribution < 1.29 is 4.79 Å². The fraction of sp³-hybridized carbons (Fsp3) is 0.300. The van der Waals surface area contributed by atoms with E-state index in [1.807, 2.05) is 12.1 Å². The smallest absolute Gasteiger partial charge is 0.248 e. The third-order valence-corrected chi connectivity index (χ3v) is 2.50. The Bertz CT molecular complexity index is 360. The van der Waals surface area contributed by atoms with Crippen molar-refractivity contribution in [2.75, 3.05) is 0 Å². The third kappa shape index (κ3) is 1.31. The van der Waals surface area contributed by atoms with E-state index in [1.165, 1.54) is 11.1 Å². The summed E-state index contributed by atoms with van der Waals surface area (Å²) in [4.78, 5) is 10.9. The van der Waals surface area contributed by atoms with Crippen molar-refractivity contribution in [2.45, 2.75) is 19.5 Å². The van der Waals surface area contributed by atoms with Crippen molar-refractivity contribution >= 4 is 5.91 Å². The standard InChI is InChI=1S/C10H12N2O/c1-6-9-4-7(10(11)13)2-3-8(9)5-12-6/h2-4,6,12H,5H2,1H3,(H2,11,13)/t6-/m1/s1. The van der Waals surface area contributed by atoms with Crippen LogP contribution in [0, 0.1) is 0 Å². The van der Waals surface area contributed by atoms with Crippen LogP contribution in [-0.4, -0.2) is 5.91 Å². The fourth-order valence-electron chi connectivity index (χ4n) is 1.69. The van der Waals surface area contributed by atoms with Gasteiger partial charge in [-0.1, -0.05) is 6.07 Å². The molecule has 1 aliphatic rings. The third-order valence-electron chi connectivity index (χ3n) is 2.50. The molecule has 3 nitrogen and oxygen atoms in total. The summed E-state index contributed by atoms with van der Waals surface area (Å²) in [6.07, 6.45) is 0. The first kappa shape index (κ1) is 8.26. The van der Waals surface area contributed by atoms with Gasteiger partial charge in [0.05, 0.1) is 0 Å². The van der Waals surface area contributed by atoms with Gasteiger partial charge in [0.1, 0.15) is 0 Å². The number of hydrogen-bond acceptors (Lipinski definition) is 2. The van der Waals surface area contributed by atoms with E-state index >= 15 is 0 Å². The molecule has 1 amide bonds. The molecule has 1 aromatic carbocycles. The minimum Gasteiger partial charge on any atom is -0.366 e. The van der Waals surface area contributed by atoms with Gasteiger partial charge in [0.25, 0.3) is 0 Å². The lowest BCUT2D eigenvalue weighted by atomic mass is 10.0. The maximum absolute atomic E-state index is 10.9. The van der Waals surface area contributed by atoms with Gasteiger partial charge in [-0.15, -0.1) is 0 Å². The van der Waals surface area contributed by atoms with Gasteiger partial charge in [0, 0.05) is 18.2 Å². The second-order valence-electron chi connectivity index (χ2n) is 3.38. The molecule has 1 aromatic rings. The van der Waals surface area contributed by atoms with E-state index in [4.69, 9.17) is 5.73 Å². The monoisotopic (exact) mass is 176 g/mol. The molecule has 1 heterocycles. The van der Waals surface area contributed by atoms with Crippen LogP contribution in [0.1, 0.15) is 34.5 Å². The molecule has 0 saturated carbocycles. The predicted octanol–water partition coefficient (Wildman–Crippen LogP) is 0.950. The Kier molecular flexibility index (Phi) is 1.81. The maximum Gasteiger partial charge on any atom is 0.248 e. The second-order valence-corrected chi connectivity index (χ2v) is 3.38. The number of hydrogen-bond donors (Lipinski definition) is 2. The van der Waals surface area contributed by atoms with Gasteiger partial charge in [-0.25, -0.2) is 0 Å². The Morgan fingerprint density at radius 1 is 1.62 bits per heavy atom. The number of nitrogens with two attached hydrogens (primary N) is 1. The van der Waals surface area contributed by atoms with Crippen LogP contribution < -0.4 is 11.1 Å². The van der Waals surface area contributed by atoms with E-state index in [2.05, 4.69) is 12.2 Å². The highest BCUT2D eigenvalue weighted by atomic mass is 16.1. The maximum atomic E-state index is 10.9. The van der Waals surface area contributed by atoms with Crippen molar-refractivity contribution in [1.29, 1.82) is 0 Å². The highest BCUT2D eigenvalue weighted by Gasteiger charge is 2.18. The first-order chi connectivity index (χ1) is 6.18. The highest BCUT2D eigenvalue weighted by Crippen LogP contribution is 2.25. The molecule has 0 spiro atoms. The van der Waals surface area contributed by atoms with Crippen LogP contribution in [0.4, 0.5) is 0 Å². The number of carbonyl (C=O) groups excluding carboxylic acids is 1. The minimum atomic E-state index is -0.359. The van der Waals surface area contributed by atoms with Crippen LogP contribution in [-0.2, 0) is 6.54 Å². The zero-order valence-corrected chi connectivity index (χ0v) is 7.50. The zero-order valence-electron chi connectivity index (χ0n) is 7.50. The number of amides is 1. The summed E-state index contributed by atoms with van der Waals surface area (Å²) in [7, 11) is 0. The first-order valence-corrected chi connectivity index (χ1v) is 4.34. The van der Waals surface area contributed by atoms with Gasteiger partial charge >= 0.3 is 0 Å². The van der Waals surface area contributed by atoms with Crippen molar-refractivity contribution in [3.8, 4) is 0 Å². The number of benzene rings is 1. The van der Waals surface area contributed by atoms with Crippen LogP contribution in [0.25, 0.3) is 0 Å². The Balaban J connectivity index is 2.47. The Morgan fingerprint density at radius 3 is 3.08 bits per heavy atom. The number of nitrogens with one attached hydrogen (secondary N) is 1. The van der Waals surface area contributed by atoms with E-state index in [1.54, 1.807) is 6.07 Å². The van der Waals surface area contributed by atoms with Gasteiger partial charge in [-0.3, -0.25) is 4.79 Å². The summed E-state index contributed by atoms with van der Waals surface area (Å²) in [5.41, 5.74) is 8.24. The Morgan fingerprint density at radius 2 is 2.38 bits per heavy atom. The van der Waals surface area contributed by atoms with Gasteiger partial charge in [0.15, 0.2) is 0 Å². The Hall–Kier alpha value is -1.35. The molecule has 3 N–H and O–H groups in total. The van der Waals surface area contributed by atoms with E-state index in [-0.39, 0.29) is 5.91 Å². The summed E-state index contributed by atoms with van der Waals surface area (Å²) in [6, 6.07) is 5.95. The number of primary amides is 1. The number of fused-ring (bicyclic) bond motifs is 1. The molecule has 2 rings (SSSR count). The summed E-state index contributed by atoms with van der Waals surface area (Å²) >= 11 is 0. The molecule has 0 fully saturated rings. The molecule has 13 heavy (non-hydrogen) atoms. The van der Waals surface area contributed by atoms with Crippen LogP contribution >= 0.6 is 0 Å². The summed E-state index contributed by atoms with van der Waals surface area (Å²) in [5.74, 6) is -0.359. The molecule has 1 aliphatic heterocycles. The quantitative estimate of drug-likeness (QED) is 0.669. The van der Waals surface area contributed by atoms with Crippen molar-refractivity contribution in [3.63, 3.8) is 0 Å². The lowest BCUT2D eigenvalue weighted by molar-refractivity contribution is 0.1000. The molecular weight excluding hydrogens is 164 g/mol. The molecule has 0 aromatic heterocycles. The zero-order chi connectivity index (χ0) is 9.42. The van der Waals surface area contributed by atoms with E-state index in [0.717, 1.165) is 6.54 Å². The molecule has 3 heteroatoms. The average molecular weight is 176 g/mol. The predicted molar refractivity (Wildman–Crippen MR) is 50.2 cm³/mol. The molecule has 0 bridgehead atoms. The van der Waals surface area contributed by atoms with Gasteiger partial charge < -0.3 is 11.1 Å². The van der Waals surface area contributed by atoms with Gasteiger partial charge in [-0.2, -0.15) is 0 Å². The molecule has 68 valence electrons. The fourth-order valence-corrected chi connectivity index (χ4v) is 1.69. The number of carbonyl (C=O) groups is 1. The van der Waals surface area contributed by atoms with Gasteiger partial charge in [-0.05, 0) is 30.2 Å². The molecule has 0 unspecified atom stereocenters. The molecule has 1 atom stereocenters. The van der Waals surface area contributed by atoms with E-state index < -0.39 is 0 Å². The van der Waals surface area contributed by atoms with Crippen molar-refractivity contribution in [2.24, 2.45) is 5.73 Å². The molecule has 0 saturated heterocycles. The molecular formula is C10H12N2O. The van der Waals surface area contributed by atoms with Crippen LogP contribution in [0.15, 0.2) is 18.2 Å². The largest absolute Gasteiger partial charge is 0.366 e. The average Bonchev–Trinajstić information content (AvgIpc) is 2.47. The lowest BCUT2D eigenvalue weighted by Crippen LogP contribution is -2.11. The lowest BCUT2D eigenvalue weighted by Gasteiger charge is -2.04. The second kappa shape index (κ2) is 2.85. The van der Waals surface area contributed by atoms with Crippen LogP contribution in [0.2, 0.25) is 0 Å². The minimum absolute atomic E-state index is 0.328. The van der Waals surface area contributed by atoms with Crippen molar-refractivity contribution in [1.82, 2.24) is 5.32 Å².